The number of hydrogen-bond acceptors (Lipinski definition) is 5. The maximum atomic E-state index is 12.5. The molecule has 1 amide bonds. The number of hydrogen-bond donors (Lipinski definition) is 1. The van der Waals surface area contributed by atoms with Gasteiger partial charge in [-0.05, 0) is 38.8 Å². The van der Waals surface area contributed by atoms with Gasteiger partial charge in [-0.15, -0.1) is 0 Å². The topological polar surface area (TPSA) is 67.2 Å². The highest BCUT2D eigenvalue weighted by Gasteiger charge is 2.22. The highest BCUT2D eigenvalue weighted by atomic mass is 32.2. The number of likely N-dealkylation sites (N-methyl/N-ethyl adjacent to an activating group) is 1. The third-order valence-corrected chi connectivity index (χ3v) is 5.66. The molecule has 1 aromatic rings. The number of thioether (sulfide) groups is 1. The van der Waals surface area contributed by atoms with Crippen LogP contribution in [0.1, 0.15) is 44.9 Å². The van der Waals surface area contributed by atoms with E-state index in [2.05, 4.69) is 29.0 Å². The number of amides is 1. The van der Waals surface area contributed by atoms with E-state index in [-0.39, 0.29) is 11.6 Å². The highest BCUT2D eigenvalue weighted by molar-refractivity contribution is 7.99. The van der Waals surface area contributed by atoms with Crippen LogP contribution in [0.25, 0.3) is 0 Å². The molecule has 0 unspecified atom stereocenters. The van der Waals surface area contributed by atoms with Gasteiger partial charge in [-0.2, -0.15) is 4.98 Å². The minimum absolute atomic E-state index is 0.00566. The minimum atomic E-state index is -0.177. The molecular formula is C18H30N4O2S. The molecule has 0 atom stereocenters. The molecule has 6 nitrogen and oxygen atoms in total. The van der Waals surface area contributed by atoms with E-state index >= 15 is 0 Å². The molecule has 0 saturated heterocycles. The summed E-state index contributed by atoms with van der Waals surface area (Å²) < 4.78 is 1.85. The maximum Gasteiger partial charge on any atom is 0.348 e. The lowest BCUT2D eigenvalue weighted by molar-refractivity contribution is -0.118. The van der Waals surface area contributed by atoms with Gasteiger partial charge in [0.05, 0.1) is 5.75 Å². The Kier molecular flexibility index (Phi) is 7.96. The number of nitrogens with one attached hydrogen (secondary N) is 1. The summed E-state index contributed by atoms with van der Waals surface area (Å²) in [7, 11) is 0. The summed E-state index contributed by atoms with van der Waals surface area (Å²) >= 11 is 1.39. The molecule has 0 fully saturated rings. The molecule has 1 heterocycles. The van der Waals surface area contributed by atoms with E-state index < -0.39 is 0 Å². The second-order valence-electron chi connectivity index (χ2n) is 6.30. The van der Waals surface area contributed by atoms with Crippen LogP contribution in [0.3, 0.4) is 0 Å². The first-order valence-electron chi connectivity index (χ1n) is 9.35. The molecule has 0 bridgehead atoms. The van der Waals surface area contributed by atoms with E-state index in [1.54, 1.807) is 0 Å². The Morgan fingerprint density at radius 2 is 2.04 bits per heavy atom. The zero-order valence-corrected chi connectivity index (χ0v) is 16.5. The van der Waals surface area contributed by atoms with Gasteiger partial charge in [-0.3, -0.25) is 9.36 Å². The van der Waals surface area contributed by atoms with Gasteiger partial charge in [-0.25, -0.2) is 4.79 Å². The molecule has 0 aliphatic heterocycles. The van der Waals surface area contributed by atoms with E-state index in [1.807, 2.05) is 11.5 Å². The van der Waals surface area contributed by atoms with E-state index in [0.29, 0.717) is 18.8 Å². The molecule has 0 saturated carbocycles. The van der Waals surface area contributed by atoms with Gasteiger partial charge in [0.1, 0.15) is 5.03 Å². The van der Waals surface area contributed by atoms with Crippen molar-refractivity contribution in [3.05, 3.63) is 21.7 Å². The number of nitrogens with zero attached hydrogens (tertiary/aromatic N) is 3. The number of aromatic nitrogens is 2. The third-order valence-electron chi connectivity index (χ3n) is 4.65. The molecule has 0 spiro atoms. The normalized spacial score (nSPS) is 13.3. The lowest BCUT2D eigenvalue weighted by Crippen LogP contribution is -2.34. The van der Waals surface area contributed by atoms with Crippen molar-refractivity contribution in [2.75, 3.05) is 31.9 Å². The van der Waals surface area contributed by atoms with Crippen LogP contribution >= 0.6 is 11.8 Å². The van der Waals surface area contributed by atoms with Gasteiger partial charge in [-0.1, -0.05) is 32.5 Å². The van der Waals surface area contributed by atoms with Crippen molar-refractivity contribution in [3.63, 3.8) is 0 Å². The SMILES string of the molecule is CCCNC(=O)CSc1nc(=O)n(CCN(CC)CC)c2c1CCC2. The predicted molar refractivity (Wildman–Crippen MR) is 102 cm³/mol. The second kappa shape index (κ2) is 9.97. The lowest BCUT2D eigenvalue weighted by atomic mass is 10.2. The molecule has 1 aliphatic carbocycles. The highest BCUT2D eigenvalue weighted by Crippen LogP contribution is 2.29. The van der Waals surface area contributed by atoms with Gasteiger partial charge in [0.2, 0.25) is 5.91 Å². The van der Waals surface area contributed by atoms with Crippen LogP contribution in [-0.2, 0) is 24.2 Å². The Hall–Kier alpha value is -1.34. The molecule has 1 N–H and O–H groups in total. The van der Waals surface area contributed by atoms with Crippen molar-refractivity contribution in [1.82, 2.24) is 19.8 Å². The van der Waals surface area contributed by atoms with Crippen LogP contribution in [0.15, 0.2) is 9.82 Å². The average molecular weight is 367 g/mol. The number of rotatable bonds is 10. The molecule has 0 radical (unpaired) electrons. The molecule has 140 valence electrons. The van der Waals surface area contributed by atoms with Gasteiger partial charge in [0, 0.05) is 30.9 Å². The monoisotopic (exact) mass is 366 g/mol. The fourth-order valence-electron chi connectivity index (χ4n) is 3.17. The van der Waals surface area contributed by atoms with Crippen molar-refractivity contribution in [3.8, 4) is 0 Å². The van der Waals surface area contributed by atoms with Crippen molar-refractivity contribution in [2.45, 2.75) is 58.0 Å². The van der Waals surface area contributed by atoms with Crippen LogP contribution < -0.4 is 11.0 Å². The molecule has 7 heteroatoms. The standard InChI is InChI=1S/C18H30N4O2S/c1-4-10-19-16(23)13-25-17-14-8-7-9-15(14)22(18(24)20-17)12-11-21(5-2)6-3/h4-13H2,1-3H3,(H,19,23). The van der Waals surface area contributed by atoms with Crippen LogP contribution in [0.4, 0.5) is 0 Å². The number of carbonyl (C=O) groups excluding carboxylic acids is 1. The van der Waals surface area contributed by atoms with Crippen molar-refractivity contribution >= 4 is 17.7 Å². The van der Waals surface area contributed by atoms with Crippen LogP contribution in [0, 0.1) is 0 Å². The summed E-state index contributed by atoms with van der Waals surface area (Å²) in [6, 6.07) is 0. The Morgan fingerprint density at radius 1 is 1.28 bits per heavy atom. The van der Waals surface area contributed by atoms with Crippen molar-refractivity contribution in [1.29, 1.82) is 0 Å². The first-order valence-corrected chi connectivity index (χ1v) is 10.3. The Balaban J connectivity index is 2.11. The molecular weight excluding hydrogens is 336 g/mol. The maximum absolute atomic E-state index is 12.5. The molecule has 1 aromatic heterocycles. The fourth-order valence-corrected chi connectivity index (χ4v) is 4.07. The summed E-state index contributed by atoms with van der Waals surface area (Å²) in [5, 5.41) is 3.62. The fraction of sp³-hybridized carbons (Fsp3) is 0.722. The Bertz CT molecular complexity index is 641. The van der Waals surface area contributed by atoms with E-state index in [1.165, 1.54) is 17.3 Å². The summed E-state index contributed by atoms with van der Waals surface area (Å²) in [5.74, 6) is 0.327. The Morgan fingerprint density at radius 3 is 2.72 bits per heavy atom. The van der Waals surface area contributed by atoms with E-state index in [4.69, 9.17) is 0 Å². The van der Waals surface area contributed by atoms with Gasteiger partial charge < -0.3 is 10.2 Å². The summed E-state index contributed by atoms with van der Waals surface area (Å²) in [6.45, 7) is 10.5. The zero-order chi connectivity index (χ0) is 18.2. The van der Waals surface area contributed by atoms with E-state index in [0.717, 1.165) is 56.0 Å². The molecule has 0 aromatic carbocycles. The molecule has 25 heavy (non-hydrogen) atoms. The Labute approximate surface area is 154 Å². The number of fused-ring (bicyclic) bond motifs is 1. The number of carbonyl (C=O) groups is 1. The van der Waals surface area contributed by atoms with Crippen LogP contribution in [-0.4, -0.2) is 52.3 Å². The first-order chi connectivity index (χ1) is 12.1. The predicted octanol–water partition coefficient (Wildman–Crippen LogP) is 1.69. The summed E-state index contributed by atoms with van der Waals surface area (Å²) in [5.41, 5.74) is 2.13. The van der Waals surface area contributed by atoms with E-state index in [9.17, 15) is 9.59 Å². The van der Waals surface area contributed by atoms with Gasteiger partial charge in [0.15, 0.2) is 0 Å². The average Bonchev–Trinajstić information content (AvgIpc) is 3.10. The quantitative estimate of drug-likeness (QED) is 0.504. The smallest absolute Gasteiger partial charge is 0.348 e. The lowest BCUT2D eigenvalue weighted by Gasteiger charge is -2.20. The van der Waals surface area contributed by atoms with Crippen molar-refractivity contribution in [2.24, 2.45) is 0 Å². The minimum Gasteiger partial charge on any atom is -0.355 e. The summed E-state index contributed by atoms with van der Waals surface area (Å²) in [6.07, 6.45) is 3.86. The largest absolute Gasteiger partial charge is 0.355 e. The first kappa shape index (κ1) is 20.0. The van der Waals surface area contributed by atoms with Crippen LogP contribution in [0.5, 0.6) is 0 Å². The van der Waals surface area contributed by atoms with Gasteiger partial charge >= 0.3 is 5.69 Å². The third kappa shape index (κ3) is 5.31. The van der Waals surface area contributed by atoms with Crippen LogP contribution in [0.2, 0.25) is 0 Å². The van der Waals surface area contributed by atoms with Crippen molar-refractivity contribution < 1.29 is 4.79 Å². The van der Waals surface area contributed by atoms with Gasteiger partial charge in [0.25, 0.3) is 0 Å². The summed E-state index contributed by atoms with van der Waals surface area (Å²) in [4.78, 5) is 31.0. The molecule has 1 aliphatic rings. The zero-order valence-electron chi connectivity index (χ0n) is 15.6. The molecule has 2 rings (SSSR count). The second-order valence-corrected chi connectivity index (χ2v) is 7.26.